The van der Waals surface area contributed by atoms with Gasteiger partial charge in [0.25, 0.3) is 5.91 Å². The van der Waals surface area contributed by atoms with Crippen molar-refractivity contribution in [3.8, 4) is 11.8 Å². The second kappa shape index (κ2) is 8.39. The first kappa shape index (κ1) is 18.5. The maximum atomic E-state index is 12.5. The lowest BCUT2D eigenvalue weighted by atomic mass is 10.0. The molecule has 0 bridgehead atoms. The Labute approximate surface area is 162 Å². The van der Waals surface area contributed by atoms with Crippen LogP contribution in [0.25, 0.3) is 16.8 Å². The summed E-state index contributed by atoms with van der Waals surface area (Å²) in [7, 11) is 1.56. The number of hydrogen-bond donors (Lipinski definition) is 1. The SMILES string of the molecule is COc1ccc2ccccc2c1C=C(C#N)C(=O)NCc1cccc(Cl)c1. The van der Waals surface area contributed by atoms with E-state index < -0.39 is 5.91 Å². The summed E-state index contributed by atoms with van der Waals surface area (Å²) in [5, 5.41) is 14.8. The lowest BCUT2D eigenvalue weighted by Crippen LogP contribution is -2.23. The largest absolute Gasteiger partial charge is 0.496 e. The van der Waals surface area contributed by atoms with Gasteiger partial charge < -0.3 is 10.1 Å². The van der Waals surface area contributed by atoms with E-state index in [-0.39, 0.29) is 12.1 Å². The summed E-state index contributed by atoms with van der Waals surface area (Å²) in [5.41, 5.74) is 1.56. The molecule has 1 N–H and O–H groups in total. The number of benzene rings is 3. The van der Waals surface area contributed by atoms with E-state index in [2.05, 4.69) is 5.32 Å². The van der Waals surface area contributed by atoms with E-state index in [1.54, 1.807) is 25.3 Å². The predicted octanol–water partition coefficient (Wildman–Crippen LogP) is 4.73. The van der Waals surface area contributed by atoms with Gasteiger partial charge in [0.1, 0.15) is 17.4 Å². The van der Waals surface area contributed by atoms with Crippen molar-refractivity contribution >= 4 is 34.4 Å². The van der Waals surface area contributed by atoms with Crippen LogP contribution in [0.1, 0.15) is 11.1 Å². The summed E-state index contributed by atoms with van der Waals surface area (Å²) in [6.07, 6.45) is 1.56. The fourth-order valence-corrected chi connectivity index (χ4v) is 3.03. The summed E-state index contributed by atoms with van der Waals surface area (Å²) >= 11 is 5.96. The normalized spacial score (nSPS) is 11.1. The third kappa shape index (κ3) is 4.28. The Morgan fingerprint density at radius 3 is 2.74 bits per heavy atom. The molecule has 0 aliphatic carbocycles. The van der Waals surface area contributed by atoms with E-state index in [4.69, 9.17) is 16.3 Å². The molecule has 134 valence electrons. The molecule has 0 atom stereocenters. The second-order valence-corrected chi connectivity index (χ2v) is 6.32. The standard InChI is InChI=1S/C22H17ClN2O2/c1-27-21-10-9-16-6-2-3-8-19(16)20(21)12-17(13-24)22(26)25-14-15-5-4-7-18(23)11-15/h2-12H,14H2,1H3,(H,25,26). The molecule has 0 radical (unpaired) electrons. The van der Waals surface area contributed by atoms with Crippen LogP contribution in [-0.2, 0) is 11.3 Å². The van der Waals surface area contributed by atoms with Gasteiger partial charge in [-0.05, 0) is 40.6 Å². The van der Waals surface area contributed by atoms with Crippen LogP contribution in [0.5, 0.6) is 5.75 Å². The molecule has 3 aromatic carbocycles. The molecule has 0 fully saturated rings. The Kier molecular flexibility index (Phi) is 5.75. The van der Waals surface area contributed by atoms with Crippen molar-refractivity contribution < 1.29 is 9.53 Å². The Balaban J connectivity index is 1.91. The minimum absolute atomic E-state index is 0.00619. The molecule has 0 saturated carbocycles. The van der Waals surface area contributed by atoms with Gasteiger partial charge in [0.2, 0.25) is 0 Å². The van der Waals surface area contributed by atoms with Crippen molar-refractivity contribution in [2.24, 2.45) is 0 Å². The van der Waals surface area contributed by atoms with Crippen LogP contribution in [0, 0.1) is 11.3 Å². The third-order valence-corrected chi connectivity index (χ3v) is 4.38. The molecule has 0 heterocycles. The highest BCUT2D eigenvalue weighted by atomic mass is 35.5. The minimum atomic E-state index is -0.451. The molecular weight excluding hydrogens is 360 g/mol. The first-order valence-corrected chi connectivity index (χ1v) is 8.70. The van der Waals surface area contributed by atoms with E-state index in [9.17, 15) is 10.1 Å². The number of rotatable bonds is 5. The first-order valence-electron chi connectivity index (χ1n) is 8.32. The molecule has 1 amide bonds. The van der Waals surface area contributed by atoms with Crippen LogP contribution in [0.4, 0.5) is 0 Å². The number of carbonyl (C=O) groups excluding carboxylic acids is 1. The number of fused-ring (bicyclic) bond motifs is 1. The number of amides is 1. The van der Waals surface area contributed by atoms with E-state index >= 15 is 0 Å². The highest BCUT2D eigenvalue weighted by molar-refractivity contribution is 6.30. The highest BCUT2D eigenvalue weighted by Gasteiger charge is 2.13. The van der Waals surface area contributed by atoms with Gasteiger partial charge in [-0.15, -0.1) is 0 Å². The average Bonchev–Trinajstić information content (AvgIpc) is 2.70. The van der Waals surface area contributed by atoms with Crippen molar-refractivity contribution in [1.29, 1.82) is 5.26 Å². The summed E-state index contributed by atoms with van der Waals surface area (Å²) in [4.78, 5) is 12.5. The van der Waals surface area contributed by atoms with E-state index in [1.165, 1.54) is 0 Å². The Bertz CT molecular complexity index is 1070. The van der Waals surface area contributed by atoms with Crippen LogP contribution in [0.15, 0.2) is 66.2 Å². The number of methoxy groups -OCH3 is 1. The number of ether oxygens (including phenoxy) is 1. The summed E-state index contributed by atoms with van der Waals surface area (Å²) in [5.74, 6) is 0.150. The smallest absolute Gasteiger partial charge is 0.262 e. The van der Waals surface area contributed by atoms with Crippen LogP contribution in [-0.4, -0.2) is 13.0 Å². The molecule has 3 aromatic rings. The molecule has 4 nitrogen and oxygen atoms in total. The van der Waals surface area contributed by atoms with Crippen LogP contribution in [0.3, 0.4) is 0 Å². The van der Waals surface area contributed by atoms with Crippen molar-refractivity contribution in [1.82, 2.24) is 5.32 Å². The lowest BCUT2D eigenvalue weighted by molar-refractivity contribution is -0.117. The average molecular weight is 377 g/mol. The van der Waals surface area contributed by atoms with E-state index in [0.29, 0.717) is 16.3 Å². The number of nitriles is 1. The van der Waals surface area contributed by atoms with Crippen LogP contribution < -0.4 is 10.1 Å². The first-order chi connectivity index (χ1) is 13.1. The minimum Gasteiger partial charge on any atom is -0.496 e. The number of hydrogen-bond acceptors (Lipinski definition) is 3. The monoisotopic (exact) mass is 376 g/mol. The molecule has 27 heavy (non-hydrogen) atoms. The van der Waals surface area contributed by atoms with Crippen molar-refractivity contribution in [3.05, 3.63) is 82.4 Å². The van der Waals surface area contributed by atoms with Crippen molar-refractivity contribution in [2.45, 2.75) is 6.54 Å². The van der Waals surface area contributed by atoms with Crippen molar-refractivity contribution in [3.63, 3.8) is 0 Å². The molecule has 0 saturated heterocycles. The Morgan fingerprint density at radius 1 is 1.19 bits per heavy atom. The number of carbonyl (C=O) groups is 1. The van der Waals surface area contributed by atoms with Gasteiger partial charge in [0.15, 0.2) is 0 Å². The topological polar surface area (TPSA) is 62.1 Å². The van der Waals surface area contributed by atoms with Gasteiger partial charge in [-0.25, -0.2) is 0 Å². The van der Waals surface area contributed by atoms with Crippen LogP contribution in [0.2, 0.25) is 5.02 Å². The zero-order valence-electron chi connectivity index (χ0n) is 14.7. The molecule has 0 aromatic heterocycles. The maximum absolute atomic E-state index is 12.5. The zero-order valence-corrected chi connectivity index (χ0v) is 15.5. The number of nitrogens with one attached hydrogen (secondary N) is 1. The summed E-state index contributed by atoms with van der Waals surface area (Å²) in [6, 6.07) is 20.7. The molecule has 0 aliphatic heterocycles. The van der Waals surface area contributed by atoms with E-state index in [0.717, 1.165) is 16.3 Å². The zero-order chi connectivity index (χ0) is 19.2. The maximum Gasteiger partial charge on any atom is 0.262 e. The highest BCUT2D eigenvalue weighted by Crippen LogP contribution is 2.30. The number of halogens is 1. The molecule has 0 spiro atoms. The van der Waals surface area contributed by atoms with Crippen molar-refractivity contribution in [2.75, 3.05) is 7.11 Å². The fourth-order valence-electron chi connectivity index (χ4n) is 2.82. The van der Waals surface area contributed by atoms with Gasteiger partial charge in [-0.2, -0.15) is 5.26 Å². The molecule has 3 rings (SSSR count). The molecule has 0 unspecified atom stereocenters. The third-order valence-electron chi connectivity index (χ3n) is 4.15. The summed E-state index contributed by atoms with van der Waals surface area (Å²) in [6.45, 7) is 0.283. The van der Waals surface area contributed by atoms with Gasteiger partial charge >= 0.3 is 0 Å². The Morgan fingerprint density at radius 2 is 2.00 bits per heavy atom. The quantitative estimate of drug-likeness (QED) is 0.517. The second-order valence-electron chi connectivity index (χ2n) is 5.89. The van der Waals surface area contributed by atoms with Gasteiger partial charge in [-0.3, -0.25) is 4.79 Å². The lowest BCUT2D eigenvalue weighted by Gasteiger charge is -2.10. The fraction of sp³-hybridized carbons (Fsp3) is 0.0909. The van der Waals surface area contributed by atoms with Crippen LogP contribution >= 0.6 is 11.6 Å². The summed E-state index contributed by atoms with van der Waals surface area (Å²) < 4.78 is 5.42. The van der Waals surface area contributed by atoms with Gasteiger partial charge in [0.05, 0.1) is 7.11 Å². The van der Waals surface area contributed by atoms with Gasteiger partial charge in [0, 0.05) is 17.1 Å². The molecule has 5 heteroatoms. The Hall–Kier alpha value is -3.29. The molecular formula is C22H17ClN2O2. The van der Waals surface area contributed by atoms with E-state index in [1.807, 2.05) is 54.6 Å². The predicted molar refractivity (Wildman–Crippen MR) is 107 cm³/mol. The van der Waals surface area contributed by atoms with Gasteiger partial charge in [-0.1, -0.05) is 54.1 Å². The number of nitrogens with zero attached hydrogens (tertiary/aromatic N) is 1. The molecule has 0 aliphatic rings.